The monoisotopic (exact) mass is 287 g/mol. The lowest BCUT2D eigenvalue weighted by Gasteiger charge is -2.29. The van der Waals surface area contributed by atoms with Gasteiger partial charge >= 0.3 is 0 Å². The highest BCUT2D eigenvalue weighted by Gasteiger charge is 2.19. The number of nitrogens with one attached hydrogen (secondary N) is 1. The Morgan fingerprint density at radius 3 is 3.28 bits per heavy atom. The van der Waals surface area contributed by atoms with Gasteiger partial charge in [0.05, 0.1) is 12.7 Å². The van der Waals surface area contributed by atoms with Crippen LogP contribution in [0.5, 0.6) is 0 Å². The van der Waals surface area contributed by atoms with Gasteiger partial charge in [0.15, 0.2) is 0 Å². The van der Waals surface area contributed by atoms with Gasteiger partial charge in [0, 0.05) is 25.0 Å². The zero-order valence-electron chi connectivity index (χ0n) is 10.5. The van der Waals surface area contributed by atoms with Crippen molar-refractivity contribution in [2.45, 2.75) is 10.4 Å². The van der Waals surface area contributed by atoms with Crippen molar-refractivity contribution >= 4 is 29.0 Å². The van der Waals surface area contributed by atoms with Gasteiger partial charge in [-0.2, -0.15) is 0 Å². The quantitative estimate of drug-likeness (QED) is 0.835. The molecule has 2 heterocycles. The third kappa shape index (κ3) is 3.68. The summed E-state index contributed by atoms with van der Waals surface area (Å²) in [5.41, 5.74) is 0.494. The zero-order valence-corrected chi connectivity index (χ0v) is 12.1. The SMILES string of the molecule is CSc1nc(C(=O)NCC2CN(C)CCO2)cs1. The molecule has 2 rings (SSSR count). The van der Waals surface area contributed by atoms with Crippen LogP contribution in [-0.2, 0) is 4.74 Å². The van der Waals surface area contributed by atoms with Crippen LogP contribution in [0.3, 0.4) is 0 Å². The highest BCUT2D eigenvalue weighted by Crippen LogP contribution is 2.19. The fourth-order valence-electron chi connectivity index (χ4n) is 1.74. The molecule has 1 fully saturated rings. The summed E-state index contributed by atoms with van der Waals surface area (Å²) < 4.78 is 6.49. The molecule has 5 nitrogen and oxygen atoms in total. The Hall–Kier alpha value is -0.630. The van der Waals surface area contributed by atoms with Crippen molar-refractivity contribution in [3.05, 3.63) is 11.1 Å². The number of hydrogen-bond donors (Lipinski definition) is 1. The molecule has 1 aliphatic rings. The van der Waals surface area contributed by atoms with E-state index in [1.54, 1.807) is 17.1 Å². The Morgan fingerprint density at radius 1 is 1.78 bits per heavy atom. The van der Waals surface area contributed by atoms with E-state index in [-0.39, 0.29) is 12.0 Å². The van der Waals surface area contributed by atoms with Crippen molar-refractivity contribution in [2.24, 2.45) is 0 Å². The van der Waals surface area contributed by atoms with Crippen LogP contribution in [0.4, 0.5) is 0 Å². The first-order chi connectivity index (χ1) is 8.69. The van der Waals surface area contributed by atoms with E-state index in [0.29, 0.717) is 12.2 Å². The summed E-state index contributed by atoms with van der Waals surface area (Å²) in [6, 6.07) is 0. The maximum atomic E-state index is 11.9. The van der Waals surface area contributed by atoms with E-state index >= 15 is 0 Å². The molecule has 1 aromatic heterocycles. The molecule has 1 saturated heterocycles. The molecule has 0 bridgehead atoms. The smallest absolute Gasteiger partial charge is 0.270 e. The molecule has 1 amide bonds. The number of hydrogen-bond acceptors (Lipinski definition) is 6. The number of carbonyl (C=O) groups is 1. The van der Waals surface area contributed by atoms with E-state index < -0.39 is 0 Å². The molecule has 1 N–H and O–H groups in total. The van der Waals surface area contributed by atoms with E-state index in [0.717, 1.165) is 24.0 Å². The van der Waals surface area contributed by atoms with Crippen LogP contribution in [0.15, 0.2) is 9.72 Å². The van der Waals surface area contributed by atoms with Gasteiger partial charge in [-0.25, -0.2) is 4.98 Å². The normalized spacial score (nSPS) is 20.9. The van der Waals surface area contributed by atoms with E-state index in [1.807, 2.05) is 6.26 Å². The molecule has 0 aliphatic carbocycles. The molecule has 0 radical (unpaired) electrons. The second kappa shape index (κ2) is 6.51. The first-order valence-corrected chi connectivity index (χ1v) is 7.87. The zero-order chi connectivity index (χ0) is 13.0. The van der Waals surface area contributed by atoms with Crippen molar-refractivity contribution in [3.63, 3.8) is 0 Å². The molecule has 1 aliphatic heterocycles. The lowest BCUT2D eigenvalue weighted by atomic mass is 10.3. The van der Waals surface area contributed by atoms with Gasteiger partial charge in [0.2, 0.25) is 0 Å². The summed E-state index contributed by atoms with van der Waals surface area (Å²) in [4.78, 5) is 18.3. The summed E-state index contributed by atoms with van der Waals surface area (Å²) in [5.74, 6) is -0.122. The van der Waals surface area contributed by atoms with Crippen LogP contribution in [0, 0.1) is 0 Å². The van der Waals surface area contributed by atoms with E-state index in [2.05, 4.69) is 22.2 Å². The van der Waals surface area contributed by atoms with Crippen molar-refractivity contribution in [2.75, 3.05) is 39.5 Å². The minimum Gasteiger partial charge on any atom is -0.374 e. The summed E-state index contributed by atoms with van der Waals surface area (Å²) in [6.07, 6.45) is 2.03. The molecular weight excluding hydrogens is 270 g/mol. The van der Waals surface area contributed by atoms with Crippen LogP contribution in [0.25, 0.3) is 0 Å². The van der Waals surface area contributed by atoms with Crippen LogP contribution >= 0.6 is 23.1 Å². The molecule has 100 valence electrons. The molecule has 1 atom stereocenters. The summed E-state index contributed by atoms with van der Waals surface area (Å²) in [5, 5.41) is 4.66. The molecule has 0 saturated carbocycles. The average molecular weight is 287 g/mol. The summed E-state index contributed by atoms with van der Waals surface area (Å²) in [6.45, 7) is 3.07. The van der Waals surface area contributed by atoms with Gasteiger partial charge in [-0.15, -0.1) is 11.3 Å². The van der Waals surface area contributed by atoms with Crippen LogP contribution < -0.4 is 5.32 Å². The minimum atomic E-state index is -0.122. The van der Waals surface area contributed by atoms with Crippen LogP contribution in [0.1, 0.15) is 10.5 Å². The van der Waals surface area contributed by atoms with Gasteiger partial charge in [0.25, 0.3) is 5.91 Å². The maximum absolute atomic E-state index is 11.9. The molecule has 0 aromatic carbocycles. The molecule has 18 heavy (non-hydrogen) atoms. The number of amides is 1. The van der Waals surface area contributed by atoms with Gasteiger partial charge in [-0.3, -0.25) is 4.79 Å². The third-order valence-corrected chi connectivity index (χ3v) is 4.59. The second-order valence-corrected chi connectivity index (χ2v) is 6.08. The minimum absolute atomic E-state index is 0.0753. The molecule has 1 unspecified atom stereocenters. The standard InChI is InChI=1S/C11H17N3O2S2/c1-14-3-4-16-8(6-14)5-12-10(15)9-7-18-11(13-9)17-2/h7-8H,3-6H2,1-2H3,(H,12,15). The number of rotatable bonds is 4. The Kier molecular flexibility index (Phi) is 4.99. The van der Waals surface area contributed by atoms with Crippen molar-refractivity contribution in [1.29, 1.82) is 0 Å². The Morgan fingerprint density at radius 2 is 2.61 bits per heavy atom. The summed E-state index contributed by atoms with van der Waals surface area (Å²) in [7, 11) is 2.06. The number of thiazole rings is 1. The lowest BCUT2D eigenvalue weighted by Crippen LogP contribution is -2.45. The van der Waals surface area contributed by atoms with Crippen molar-refractivity contribution < 1.29 is 9.53 Å². The predicted molar refractivity (Wildman–Crippen MR) is 73.5 cm³/mol. The summed E-state index contributed by atoms with van der Waals surface area (Å²) >= 11 is 3.04. The van der Waals surface area contributed by atoms with E-state index in [4.69, 9.17) is 4.74 Å². The topological polar surface area (TPSA) is 54.5 Å². The Bertz CT molecular complexity index is 411. The van der Waals surface area contributed by atoms with Gasteiger partial charge < -0.3 is 15.0 Å². The van der Waals surface area contributed by atoms with Gasteiger partial charge in [-0.1, -0.05) is 11.8 Å². The number of likely N-dealkylation sites (N-methyl/N-ethyl adjacent to an activating group) is 1. The fraction of sp³-hybridized carbons (Fsp3) is 0.636. The molecule has 7 heteroatoms. The number of morpholine rings is 1. The molecular formula is C11H17N3O2S2. The third-order valence-electron chi connectivity index (χ3n) is 2.72. The molecule has 1 aromatic rings. The van der Waals surface area contributed by atoms with Crippen molar-refractivity contribution in [3.8, 4) is 0 Å². The Labute approximate surface area is 115 Å². The number of aromatic nitrogens is 1. The highest BCUT2D eigenvalue weighted by molar-refractivity contribution is 8.00. The predicted octanol–water partition coefficient (Wildman–Crippen LogP) is 0.925. The largest absolute Gasteiger partial charge is 0.374 e. The number of thioether (sulfide) groups is 1. The van der Waals surface area contributed by atoms with E-state index in [1.165, 1.54) is 11.3 Å². The first-order valence-electron chi connectivity index (χ1n) is 5.77. The number of nitrogens with zero attached hydrogens (tertiary/aromatic N) is 2. The number of carbonyl (C=O) groups excluding carboxylic acids is 1. The van der Waals surface area contributed by atoms with Crippen molar-refractivity contribution in [1.82, 2.24) is 15.2 Å². The second-order valence-electron chi connectivity index (χ2n) is 4.17. The lowest BCUT2D eigenvalue weighted by molar-refractivity contribution is -0.0175. The Balaban J connectivity index is 1.80. The first kappa shape index (κ1) is 13.8. The van der Waals surface area contributed by atoms with E-state index in [9.17, 15) is 4.79 Å². The van der Waals surface area contributed by atoms with Gasteiger partial charge in [-0.05, 0) is 13.3 Å². The molecule has 0 spiro atoms. The van der Waals surface area contributed by atoms with Crippen LogP contribution in [-0.4, -0.2) is 61.4 Å². The number of ether oxygens (including phenoxy) is 1. The maximum Gasteiger partial charge on any atom is 0.270 e. The fourth-order valence-corrected chi connectivity index (χ4v) is 2.98. The average Bonchev–Trinajstić information content (AvgIpc) is 2.85. The van der Waals surface area contributed by atoms with Crippen LogP contribution in [0.2, 0.25) is 0 Å². The van der Waals surface area contributed by atoms with Gasteiger partial charge in [0.1, 0.15) is 10.0 Å². The highest BCUT2D eigenvalue weighted by atomic mass is 32.2.